The first kappa shape index (κ1) is 19.6. The van der Waals surface area contributed by atoms with Gasteiger partial charge >= 0.3 is 0 Å². The number of rotatable bonds is 3. The van der Waals surface area contributed by atoms with Crippen molar-refractivity contribution in [1.82, 2.24) is 5.32 Å². The van der Waals surface area contributed by atoms with E-state index in [2.05, 4.69) is 10.6 Å². The molecule has 27 heavy (non-hydrogen) atoms. The fourth-order valence-electron chi connectivity index (χ4n) is 2.49. The molecule has 3 rings (SSSR count). The van der Waals surface area contributed by atoms with Crippen LogP contribution in [0.15, 0.2) is 60.7 Å². The fourth-order valence-corrected chi connectivity index (χ4v) is 3.29. The van der Waals surface area contributed by atoms with Gasteiger partial charge in [-0.2, -0.15) is 0 Å². The third-order valence-corrected chi connectivity index (χ3v) is 4.97. The zero-order valence-corrected chi connectivity index (χ0v) is 16.9. The van der Waals surface area contributed by atoms with Gasteiger partial charge in [0.25, 0.3) is 0 Å². The molecule has 2 N–H and O–H groups in total. The molecule has 0 fully saturated rings. The van der Waals surface area contributed by atoms with Gasteiger partial charge in [-0.25, -0.2) is 0 Å². The topological polar surface area (TPSA) is 41.1 Å². The van der Waals surface area contributed by atoms with Gasteiger partial charge in [0.05, 0.1) is 20.8 Å². The molecule has 3 aromatic rings. The summed E-state index contributed by atoms with van der Waals surface area (Å²) >= 11 is 23.1. The molecule has 0 aromatic heterocycles. The molecule has 7 heteroatoms. The molecule has 0 saturated heterocycles. The van der Waals surface area contributed by atoms with Crippen molar-refractivity contribution in [2.45, 2.75) is 0 Å². The van der Waals surface area contributed by atoms with Gasteiger partial charge in [-0.1, -0.05) is 77.3 Å². The molecule has 0 atom stereocenters. The summed E-state index contributed by atoms with van der Waals surface area (Å²) in [7, 11) is 0. The first-order chi connectivity index (χ1) is 12.9. The summed E-state index contributed by atoms with van der Waals surface area (Å²) in [5.41, 5.74) is 1.39. The number of carbonyl (C=O) groups is 1. The number of thiocarbonyl (C=S) groups is 1. The smallest absolute Gasteiger partial charge is 0.250 e. The van der Waals surface area contributed by atoms with E-state index >= 15 is 0 Å². The monoisotopic (exact) mass is 434 g/mol. The van der Waals surface area contributed by atoms with Gasteiger partial charge < -0.3 is 5.32 Å². The summed E-state index contributed by atoms with van der Waals surface area (Å²) in [6.45, 7) is 0. The van der Waals surface area contributed by atoms with E-state index < -0.39 is 0 Å². The van der Waals surface area contributed by atoms with E-state index in [4.69, 9.17) is 47.0 Å². The average Bonchev–Trinajstić information content (AvgIpc) is 2.64. The number of carbonyl (C=O) groups excluding carboxylic acids is 1. The molecule has 3 aromatic carbocycles. The van der Waals surface area contributed by atoms with Gasteiger partial charge in [-0.3, -0.25) is 10.1 Å². The Morgan fingerprint density at radius 2 is 1.63 bits per heavy atom. The van der Waals surface area contributed by atoms with Crippen molar-refractivity contribution in [2.24, 2.45) is 0 Å². The summed E-state index contributed by atoms with van der Waals surface area (Å²) in [4.78, 5) is 12.2. The van der Waals surface area contributed by atoms with Gasteiger partial charge in [0.2, 0.25) is 5.91 Å². The molecule has 0 aliphatic heterocycles. The molecular formula is C20H13Cl3N2OS. The minimum absolute atomic E-state index is 0.0999. The second-order valence-electron chi connectivity index (χ2n) is 5.59. The Bertz CT molecular complexity index is 1060. The summed E-state index contributed by atoms with van der Waals surface area (Å²) in [6.07, 6.45) is 3.17. The SMILES string of the molecule is O=C(/C=C/c1cccc2ccccc12)NC(=S)Nc1cc(Cl)c(Cl)cc1Cl. The van der Waals surface area contributed by atoms with Gasteiger partial charge in [0.15, 0.2) is 5.11 Å². The van der Waals surface area contributed by atoms with E-state index in [-0.39, 0.29) is 11.0 Å². The van der Waals surface area contributed by atoms with E-state index in [1.165, 1.54) is 18.2 Å². The predicted octanol–water partition coefficient (Wildman–Crippen LogP) is 6.33. The third kappa shape index (κ3) is 4.99. The second kappa shape index (κ2) is 8.72. The Labute approximate surface area is 176 Å². The Kier molecular flexibility index (Phi) is 6.34. The molecule has 0 radical (unpaired) electrons. The van der Waals surface area contributed by atoms with Crippen molar-refractivity contribution in [3.05, 3.63) is 81.3 Å². The quantitative estimate of drug-likeness (QED) is 0.287. The zero-order valence-electron chi connectivity index (χ0n) is 13.8. The largest absolute Gasteiger partial charge is 0.331 e. The van der Waals surface area contributed by atoms with E-state index in [0.717, 1.165) is 16.3 Å². The van der Waals surface area contributed by atoms with Crippen LogP contribution in [0.3, 0.4) is 0 Å². The van der Waals surface area contributed by atoms with E-state index in [1.54, 1.807) is 6.08 Å². The van der Waals surface area contributed by atoms with Crippen LogP contribution in [0.5, 0.6) is 0 Å². The highest BCUT2D eigenvalue weighted by Crippen LogP contribution is 2.32. The first-order valence-electron chi connectivity index (χ1n) is 7.86. The first-order valence-corrected chi connectivity index (χ1v) is 9.40. The molecule has 0 aliphatic carbocycles. The molecule has 136 valence electrons. The summed E-state index contributed by atoms with van der Waals surface area (Å²) < 4.78 is 0. The van der Waals surface area contributed by atoms with Crippen LogP contribution in [-0.2, 0) is 4.79 Å². The molecule has 1 amide bonds. The van der Waals surface area contributed by atoms with Crippen LogP contribution in [0.2, 0.25) is 15.1 Å². The van der Waals surface area contributed by atoms with E-state index in [1.807, 2.05) is 42.5 Å². The molecule has 0 heterocycles. The van der Waals surface area contributed by atoms with Crippen LogP contribution in [0.25, 0.3) is 16.8 Å². The van der Waals surface area contributed by atoms with Crippen LogP contribution >= 0.6 is 47.0 Å². The van der Waals surface area contributed by atoms with E-state index in [9.17, 15) is 4.79 Å². The number of nitrogens with one attached hydrogen (secondary N) is 2. The Morgan fingerprint density at radius 3 is 2.44 bits per heavy atom. The van der Waals surface area contributed by atoms with Gasteiger partial charge in [0, 0.05) is 6.08 Å². The van der Waals surface area contributed by atoms with Crippen molar-refractivity contribution in [3.8, 4) is 0 Å². The minimum Gasteiger partial charge on any atom is -0.331 e. The highest BCUT2D eigenvalue weighted by atomic mass is 35.5. The van der Waals surface area contributed by atoms with Crippen LogP contribution in [0.1, 0.15) is 5.56 Å². The van der Waals surface area contributed by atoms with Crippen LogP contribution in [-0.4, -0.2) is 11.0 Å². The lowest BCUT2D eigenvalue weighted by atomic mass is 10.0. The number of amides is 1. The number of anilines is 1. The zero-order chi connectivity index (χ0) is 19.4. The number of hydrogen-bond donors (Lipinski definition) is 2. The second-order valence-corrected chi connectivity index (χ2v) is 7.22. The molecule has 0 spiro atoms. The molecular weight excluding hydrogens is 423 g/mol. The molecule has 0 aliphatic rings. The highest BCUT2D eigenvalue weighted by Gasteiger charge is 2.08. The number of benzene rings is 3. The standard InChI is InChI=1S/C20H13Cl3N2OS/c21-15-10-17(23)18(11-16(15)22)24-20(27)25-19(26)9-8-13-6-3-5-12-4-1-2-7-14(12)13/h1-11H,(H2,24,25,26,27)/b9-8+. The lowest BCUT2D eigenvalue weighted by Gasteiger charge is -2.11. The van der Waals surface area contributed by atoms with Crippen LogP contribution < -0.4 is 10.6 Å². The van der Waals surface area contributed by atoms with Crippen molar-refractivity contribution in [3.63, 3.8) is 0 Å². The Morgan fingerprint density at radius 1 is 0.926 bits per heavy atom. The van der Waals surface area contributed by atoms with Crippen LogP contribution in [0.4, 0.5) is 5.69 Å². The summed E-state index contributed by atoms with van der Waals surface area (Å²) in [5, 5.41) is 8.66. The summed E-state index contributed by atoms with van der Waals surface area (Å²) in [6, 6.07) is 16.9. The van der Waals surface area contributed by atoms with Gasteiger partial charge in [-0.15, -0.1) is 0 Å². The minimum atomic E-state index is -0.364. The van der Waals surface area contributed by atoms with Crippen molar-refractivity contribution in [2.75, 3.05) is 5.32 Å². The average molecular weight is 436 g/mol. The van der Waals surface area contributed by atoms with E-state index in [0.29, 0.717) is 20.8 Å². The normalized spacial score (nSPS) is 10.9. The number of halogens is 3. The van der Waals surface area contributed by atoms with Crippen LogP contribution in [0, 0.1) is 0 Å². The Balaban J connectivity index is 1.67. The number of hydrogen-bond acceptors (Lipinski definition) is 2. The molecule has 3 nitrogen and oxygen atoms in total. The van der Waals surface area contributed by atoms with Gasteiger partial charge in [0.1, 0.15) is 0 Å². The lowest BCUT2D eigenvalue weighted by Crippen LogP contribution is -2.32. The third-order valence-electron chi connectivity index (χ3n) is 3.73. The molecule has 0 bridgehead atoms. The number of fused-ring (bicyclic) bond motifs is 1. The fraction of sp³-hybridized carbons (Fsp3) is 0. The maximum atomic E-state index is 12.2. The lowest BCUT2D eigenvalue weighted by molar-refractivity contribution is -0.115. The van der Waals surface area contributed by atoms with Gasteiger partial charge in [-0.05, 0) is 46.8 Å². The predicted molar refractivity (Wildman–Crippen MR) is 119 cm³/mol. The maximum Gasteiger partial charge on any atom is 0.250 e. The summed E-state index contributed by atoms with van der Waals surface area (Å²) in [5.74, 6) is -0.364. The Hall–Kier alpha value is -2.11. The molecule has 0 saturated carbocycles. The molecule has 0 unspecified atom stereocenters. The van der Waals surface area contributed by atoms with Crippen molar-refractivity contribution < 1.29 is 4.79 Å². The van der Waals surface area contributed by atoms with Crippen molar-refractivity contribution >= 4 is 80.6 Å². The van der Waals surface area contributed by atoms with Crippen molar-refractivity contribution in [1.29, 1.82) is 0 Å². The highest BCUT2D eigenvalue weighted by molar-refractivity contribution is 7.80. The maximum absolute atomic E-state index is 12.2.